The molecule has 108 valence electrons. The van der Waals surface area contributed by atoms with Crippen LogP contribution in [0.1, 0.15) is 36.0 Å². The van der Waals surface area contributed by atoms with E-state index in [1.165, 1.54) is 0 Å². The molecule has 1 heterocycles. The predicted octanol–water partition coefficient (Wildman–Crippen LogP) is 2.25. The van der Waals surface area contributed by atoms with Crippen LogP contribution in [-0.2, 0) is 4.79 Å². The van der Waals surface area contributed by atoms with E-state index in [0.29, 0.717) is 23.7 Å². The molecule has 0 bridgehead atoms. The molecule has 0 unspecified atom stereocenters. The Hall–Kier alpha value is -1.39. The molecule has 4 nitrogen and oxygen atoms in total. The summed E-state index contributed by atoms with van der Waals surface area (Å²) in [5.74, 6) is 0.0166. The summed E-state index contributed by atoms with van der Waals surface area (Å²) in [6, 6.07) is 6.95. The van der Waals surface area contributed by atoms with Crippen LogP contribution in [0.5, 0.6) is 0 Å². The highest BCUT2D eigenvalue weighted by Gasteiger charge is 2.21. The average Bonchev–Trinajstić information content (AvgIpc) is 2.46. The maximum Gasteiger partial charge on any atom is 0.223 e. The summed E-state index contributed by atoms with van der Waals surface area (Å²) in [4.78, 5) is 25.8. The van der Waals surface area contributed by atoms with Crippen molar-refractivity contribution in [2.24, 2.45) is 5.73 Å². The van der Waals surface area contributed by atoms with Crippen molar-refractivity contribution in [1.29, 1.82) is 0 Å². The third-order valence-corrected chi connectivity index (χ3v) is 3.88. The zero-order valence-corrected chi connectivity index (χ0v) is 12.1. The van der Waals surface area contributed by atoms with E-state index in [2.05, 4.69) is 0 Å². The number of nitrogens with zero attached hydrogens (tertiary/aromatic N) is 1. The summed E-state index contributed by atoms with van der Waals surface area (Å²) in [7, 11) is 0. The molecule has 0 spiro atoms. The van der Waals surface area contributed by atoms with Gasteiger partial charge in [0.25, 0.3) is 0 Å². The van der Waals surface area contributed by atoms with Gasteiger partial charge in [0.15, 0.2) is 5.78 Å². The largest absolute Gasteiger partial charge is 0.343 e. The second kappa shape index (κ2) is 6.86. The van der Waals surface area contributed by atoms with Gasteiger partial charge in [-0.05, 0) is 37.1 Å². The first-order chi connectivity index (χ1) is 9.56. The van der Waals surface area contributed by atoms with Gasteiger partial charge in [-0.25, -0.2) is 0 Å². The van der Waals surface area contributed by atoms with Gasteiger partial charge in [-0.3, -0.25) is 9.59 Å². The van der Waals surface area contributed by atoms with Crippen LogP contribution < -0.4 is 5.73 Å². The number of benzene rings is 1. The van der Waals surface area contributed by atoms with Crippen molar-refractivity contribution in [1.82, 2.24) is 4.90 Å². The van der Waals surface area contributed by atoms with Crippen LogP contribution in [0.15, 0.2) is 24.3 Å². The van der Waals surface area contributed by atoms with Gasteiger partial charge in [0.2, 0.25) is 5.91 Å². The highest BCUT2D eigenvalue weighted by atomic mass is 35.5. The quantitative estimate of drug-likeness (QED) is 0.866. The van der Waals surface area contributed by atoms with Crippen molar-refractivity contribution in [2.45, 2.75) is 31.7 Å². The van der Waals surface area contributed by atoms with E-state index in [-0.39, 0.29) is 30.6 Å². The first-order valence-corrected chi connectivity index (χ1v) is 7.26. The van der Waals surface area contributed by atoms with E-state index < -0.39 is 0 Å². The topological polar surface area (TPSA) is 63.4 Å². The third kappa shape index (κ3) is 4.05. The van der Waals surface area contributed by atoms with Crippen LogP contribution in [0.25, 0.3) is 0 Å². The molecule has 2 N–H and O–H groups in total. The Morgan fingerprint density at radius 2 is 1.75 bits per heavy atom. The summed E-state index contributed by atoms with van der Waals surface area (Å²) in [6.45, 7) is 1.41. The number of carbonyl (C=O) groups is 2. The number of amides is 1. The fourth-order valence-electron chi connectivity index (χ4n) is 2.31. The molecule has 0 radical (unpaired) electrons. The van der Waals surface area contributed by atoms with Crippen molar-refractivity contribution in [3.63, 3.8) is 0 Å². The highest BCUT2D eigenvalue weighted by molar-refractivity contribution is 6.30. The van der Waals surface area contributed by atoms with E-state index in [1.807, 2.05) is 0 Å². The smallest absolute Gasteiger partial charge is 0.223 e. The van der Waals surface area contributed by atoms with Gasteiger partial charge in [-0.1, -0.05) is 11.6 Å². The number of Topliss-reactive ketones (excluding diaryl/α,β-unsaturated/α-hetero) is 1. The lowest BCUT2D eigenvalue weighted by molar-refractivity contribution is -0.132. The molecule has 20 heavy (non-hydrogen) atoms. The minimum Gasteiger partial charge on any atom is -0.343 e. The van der Waals surface area contributed by atoms with E-state index in [9.17, 15) is 9.59 Å². The van der Waals surface area contributed by atoms with E-state index in [0.717, 1.165) is 12.8 Å². The number of likely N-dealkylation sites (tertiary alicyclic amines) is 1. The van der Waals surface area contributed by atoms with Crippen LogP contribution in [0.2, 0.25) is 5.02 Å². The van der Waals surface area contributed by atoms with Gasteiger partial charge in [-0.2, -0.15) is 0 Å². The normalized spacial score (nSPS) is 16.2. The molecule has 0 atom stereocenters. The van der Waals surface area contributed by atoms with Crippen molar-refractivity contribution >= 4 is 23.3 Å². The van der Waals surface area contributed by atoms with Crippen LogP contribution in [0.4, 0.5) is 0 Å². The summed E-state index contributed by atoms with van der Waals surface area (Å²) in [5, 5.41) is 0.599. The summed E-state index contributed by atoms with van der Waals surface area (Å²) >= 11 is 5.77. The van der Waals surface area contributed by atoms with Crippen LogP contribution in [0, 0.1) is 0 Å². The molecule has 1 aliphatic heterocycles. The third-order valence-electron chi connectivity index (χ3n) is 3.62. The molecule has 1 amide bonds. The average molecular weight is 295 g/mol. The standard InChI is InChI=1S/C15H19ClN2O2/c16-12-3-1-11(2-4-12)14(19)5-6-15(20)18-9-7-13(17)8-10-18/h1-4,13H,5-10,17H2. The molecule has 0 aromatic heterocycles. The van der Waals surface area contributed by atoms with Crippen molar-refractivity contribution in [3.8, 4) is 0 Å². The van der Waals surface area contributed by atoms with Gasteiger partial charge < -0.3 is 10.6 Å². The minimum absolute atomic E-state index is 0.0243. The predicted molar refractivity (Wildman–Crippen MR) is 78.8 cm³/mol. The number of carbonyl (C=O) groups excluding carboxylic acids is 2. The second-order valence-electron chi connectivity index (χ2n) is 5.15. The minimum atomic E-state index is -0.0243. The van der Waals surface area contributed by atoms with Gasteiger partial charge in [0.05, 0.1) is 0 Å². The zero-order chi connectivity index (χ0) is 14.5. The van der Waals surface area contributed by atoms with Crippen LogP contribution in [-0.4, -0.2) is 35.7 Å². The molecule has 0 aliphatic carbocycles. The molecular formula is C15H19ClN2O2. The first-order valence-electron chi connectivity index (χ1n) is 6.88. The highest BCUT2D eigenvalue weighted by Crippen LogP contribution is 2.14. The Labute approximate surface area is 123 Å². The number of rotatable bonds is 4. The molecule has 1 aliphatic rings. The lowest BCUT2D eigenvalue weighted by Gasteiger charge is -2.30. The molecule has 5 heteroatoms. The monoisotopic (exact) mass is 294 g/mol. The fourth-order valence-corrected chi connectivity index (χ4v) is 2.43. The molecule has 0 saturated carbocycles. The van der Waals surface area contributed by atoms with Gasteiger partial charge in [0.1, 0.15) is 0 Å². The number of hydrogen-bond donors (Lipinski definition) is 1. The molecule has 1 fully saturated rings. The fraction of sp³-hybridized carbons (Fsp3) is 0.467. The number of nitrogens with two attached hydrogens (primary N) is 1. The summed E-state index contributed by atoms with van der Waals surface area (Å²) in [5.41, 5.74) is 6.40. The molecule has 1 saturated heterocycles. The van der Waals surface area contributed by atoms with Gasteiger partial charge in [-0.15, -0.1) is 0 Å². The van der Waals surface area contributed by atoms with Gasteiger partial charge in [0, 0.05) is 42.6 Å². The molecule has 1 aromatic carbocycles. The Morgan fingerprint density at radius 1 is 1.15 bits per heavy atom. The number of piperidine rings is 1. The van der Waals surface area contributed by atoms with Crippen molar-refractivity contribution in [2.75, 3.05) is 13.1 Å². The lowest BCUT2D eigenvalue weighted by Crippen LogP contribution is -2.42. The Morgan fingerprint density at radius 3 is 2.35 bits per heavy atom. The van der Waals surface area contributed by atoms with Crippen molar-refractivity contribution < 1.29 is 9.59 Å². The SMILES string of the molecule is NC1CCN(C(=O)CCC(=O)c2ccc(Cl)cc2)CC1. The van der Waals surface area contributed by atoms with Crippen LogP contribution >= 0.6 is 11.6 Å². The second-order valence-corrected chi connectivity index (χ2v) is 5.58. The Bertz CT molecular complexity index is 479. The number of hydrogen-bond acceptors (Lipinski definition) is 3. The van der Waals surface area contributed by atoms with E-state index in [4.69, 9.17) is 17.3 Å². The van der Waals surface area contributed by atoms with Crippen molar-refractivity contribution in [3.05, 3.63) is 34.9 Å². The number of ketones is 1. The Kier molecular flexibility index (Phi) is 5.15. The van der Waals surface area contributed by atoms with E-state index in [1.54, 1.807) is 29.2 Å². The first kappa shape index (κ1) is 15.0. The molecule has 2 rings (SSSR count). The molecular weight excluding hydrogens is 276 g/mol. The number of halogens is 1. The zero-order valence-electron chi connectivity index (χ0n) is 11.3. The van der Waals surface area contributed by atoms with Gasteiger partial charge >= 0.3 is 0 Å². The Balaban J connectivity index is 1.81. The van der Waals surface area contributed by atoms with E-state index >= 15 is 0 Å². The summed E-state index contributed by atoms with van der Waals surface area (Å²) in [6.07, 6.45) is 2.19. The summed E-state index contributed by atoms with van der Waals surface area (Å²) < 4.78 is 0. The molecule has 1 aromatic rings. The van der Waals surface area contributed by atoms with Crippen LogP contribution in [0.3, 0.4) is 0 Å². The maximum atomic E-state index is 12.0. The lowest BCUT2D eigenvalue weighted by atomic mass is 10.0. The maximum absolute atomic E-state index is 12.0.